The van der Waals surface area contributed by atoms with Crippen LogP contribution in [0.3, 0.4) is 0 Å². The number of imidazole rings is 1. The molecule has 0 amide bonds. The standard InChI is InChI=1S/C23H20F3N5/c1-15-20(31-10-3-2-4-21(31)28-15)14-30-11-9-19-17(13-30)12-27-22(29-19)16-5-7-18(8-6-16)23(24,25)26/h2-8,10,12H,9,11,13-14H2,1H3. The maximum Gasteiger partial charge on any atom is 0.416 e. The monoisotopic (exact) mass is 423 g/mol. The minimum atomic E-state index is -4.35. The Morgan fingerprint density at radius 3 is 2.61 bits per heavy atom. The highest BCUT2D eigenvalue weighted by Crippen LogP contribution is 2.30. The molecule has 0 bridgehead atoms. The molecule has 0 atom stereocenters. The fraction of sp³-hybridized carbons (Fsp3) is 0.261. The number of rotatable bonds is 3. The molecule has 158 valence electrons. The molecule has 8 heteroatoms. The van der Waals surface area contributed by atoms with Crippen molar-refractivity contribution in [1.29, 1.82) is 0 Å². The fourth-order valence-corrected chi connectivity index (χ4v) is 4.02. The van der Waals surface area contributed by atoms with E-state index in [1.807, 2.05) is 31.3 Å². The van der Waals surface area contributed by atoms with E-state index in [-0.39, 0.29) is 0 Å². The Hall–Kier alpha value is -3.26. The number of pyridine rings is 1. The zero-order valence-electron chi connectivity index (χ0n) is 16.9. The molecule has 4 heterocycles. The first-order valence-electron chi connectivity index (χ1n) is 10.1. The quantitative estimate of drug-likeness (QED) is 0.480. The summed E-state index contributed by atoms with van der Waals surface area (Å²) < 4.78 is 40.5. The van der Waals surface area contributed by atoms with Crippen LogP contribution in [0.25, 0.3) is 17.0 Å². The first kappa shape index (κ1) is 19.7. The van der Waals surface area contributed by atoms with Crippen molar-refractivity contribution < 1.29 is 13.2 Å². The first-order valence-corrected chi connectivity index (χ1v) is 10.1. The van der Waals surface area contributed by atoms with Gasteiger partial charge in [-0.1, -0.05) is 18.2 Å². The molecule has 0 spiro atoms. The molecule has 5 rings (SSSR count). The van der Waals surface area contributed by atoms with Crippen LogP contribution in [0.1, 0.15) is 28.2 Å². The minimum Gasteiger partial charge on any atom is -0.302 e. The Bertz CT molecular complexity index is 1240. The number of aryl methyl sites for hydroxylation is 1. The molecule has 0 saturated carbocycles. The second-order valence-corrected chi connectivity index (χ2v) is 7.77. The second kappa shape index (κ2) is 7.46. The molecule has 3 aromatic heterocycles. The Morgan fingerprint density at radius 1 is 1.03 bits per heavy atom. The van der Waals surface area contributed by atoms with E-state index in [1.54, 1.807) is 6.20 Å². The van der Waals surface area contributed by atoms with E-state index in [1.165, 1.54) is 17.8 Å². The summed E-state index contributed by atoms with van der Waals surface area (Å²) in [7, 11) is 0. The van der Waals surface area contributed by atoms with Gasteiger partial charge < -0.3 is 4.40 Å². The highest BCUT2D eigenvalue weighted by molar-refractivity contribution is 5.56. The second-order valence-electron chi connectivity index (χ2n) is 7.77. The van der Waals surface area contributed by atoms with Crippen molar-refractivity contribution in [2.45, 2.75) is 32.6 Å². The van der Waals surface area contributed by atoms with Crippen LogP contribution in [0.4, 0.5) is 13.2 Å². The topological polar surface area (TPSA) is 46.3 Å². The first-order chi connectivity index (χ1) is 14.9. The van der Waals surface area contributed by atoms with E-state index in [0.29, 0.717) is 11.4 Å². The Kier molecular flexibility index (Phi) is 4.74. The van der Waals surface area contributed by atoms with Gasteiger partial charge >= 0.3 is 6.18 Å². The highest BCUT2D eigenvalue weighted by atomic mass is 19.4. The van der Waals surface area contributed by atoms with Gasteiger partial charge in [-0.15, -0.1) is 0 Å². The summed E-state index contributed by atoms with van der Waals surface area (Å²) in [5.74, 6) is 0.457. The zero-order chi connectivity index (χ0) is 21.6. The number of hydrogen-bond acceptors (Lipinski definition) is 4. The predicted molar refractivity (Wildman–Crippen MR) is 110 cm³/mol. The fourth-order valence-electron chi connectivity index (χ4n) is 4.02. The van der Waals surface area contributed by atoms with Crippen LogP contribution in [0.15, 0.2) is 54.9 Å². The van der Waals surface area contributed by atoms with Gasteiger partial charge in [0.15, 0.2) is 5.82 Å². The Morgan fingerprint density at radius 2 is 1.84 bits per heavy atom. The van der Waals surface area contributed by atoms with Crippen molar-refractivity contribution >= 4 is 5.65 Å². The molecular formula is C23H20F3N5. The smallest absolute Gasteiger partial charge is 0.302 e. The summed E-state index contributed by atoms with van der Waals surface area (Å²) in [6.07, 6.45) is 0.240. The molecule has 0 unspecified atom stereocenters. The maximum atomic E-state index is 12.8. The van der Waals surface area contributed by atoms with Gasteiger partial charge in [-0.05, 0) is 31.2 Å². The molecule has 5 nitrogen and oxygen atoms in total. The van der Waals surface area contributed by atoms with Crippen molar-refractivity contribution in [2.75, 3.05) is 6.54 Å². The van der Waals surface area contributed by atoms with Gasteiger partial charge in [0.25, 0.3) is 0 Å². The third-order valence-electron chi connectivity index (χ3n) is 5.69. The lowest BCUT2D eigenvalue weighted by Crippen LogP contribution is -2.31. The molecule has 1 aromatic carbocycles. The third kappa shape index (κ3) is 3.79. The molecule has 0 aliphatic carbocycles. The van der Waals surface area contributed by atoms with E-state index in [2.05, 4.69) is 24.3 Å². The molecule has 0 saturated heterocycles. The number of alkyl halides is 3. The summed E-state index contributed by atoms with van der Waals surface area (Å²) in [4.78, 5) is 16.0. The number of hydrogen-bond donors (Lipinski definition) is 0. The molecular weight excluding hydrogens is 403 g/mol. The van der Waals surface area contributed by atoms with E-state index in [4.69, 9.17) is 0 Å². The summed E-state index contributed by atoms with van der Waals surface area (Å²) in [5, 5.41) is 0. The van der Waals surface area contributed by atoms with Crippen molar-refractivity contribution in [3.05, 3.63) is 83.1 Å². The van der Waals surface area contributed by atoms with E-state index >= 15 is 0 Å². The number of nitrogens with zero attached hydrogens (tertiary/aromatic N) is 5. The van der Waals surface area contributed by atoms with Crippen LogP contribution in [0.2, 0.25) is 0 Å². The van der Waals surface area contributed by atoms with Gasteiger partial charge in [-0.2, -0.15) is 13.2 Å². The van der Waals surface area contributed by atoms with Crippen LogP contribution in [-0.2, 0) is 25.7 Å². The van der Waals surface area contributed by atoms with Crippen LogP contribution in [0.5, 0.6) is 0 Å². The number of halogens is 3. The minimum absolute atomic E-state index is 0.457. The van der Waals surface area contributed by atoms with Crippen LogP contribution in [-0.4, -0.2) is 30.8 Å². The van der Waals surface area contributed by atoms with E-state index < -0.39 is 11.7 Å². The number of aromatic nitrogens is 4. The van der Waals surface area contributed by atoms with Gasteiger partial charge in [-0.25, -0.2) is 15.0 Å². The Balaban J connectivity index is 1.35. The molecule has 1 aliphatic heterocycles. The maximum absolute atomic E-state index is 12.8. The zero-order valence-corrected chi connectivity index (χ0v) is 16.9. The third-order valence-corrected chi connectivity index (χ3v) is 5.69. The summed E-state index contributed by atoms with van der Waals surface area (Å²) in [6.45, 7) is 4.37. The highest BCUT2D eigenvalue weighted by Gasteiger charge is 2.30. The predicted octanol–water partition coefficient (Wildman–Crippen LogP) is 4.68. The lowest BCUT2D eigenvalue weighted by molar-refractivity contribution is -0.137. The lowest BCUT2D eigenvalue weighted by atomic mass is 10.1. The van der Waals surface area contributed by atoms with Crippen molar-refractivity contribution in [1.82, 2.24) is 24.3 Å². The lowest BCUT2D eigenvalue weighted by Gasteiger charge is -2.28. The molecule has 0 fully saturated rings. The van der Waals surface area contributed by atoms with Gasteiger partial charge in [0.2, 0.25) is 0 Å². The normalized spacial score (nSPS) is 14.7. The summed E-state index contributed by atoms with van der Waals surface area (Å²) in [5.41, 5.74) is 5.04. The summed E-state index contributed by atoms with van der Waals surface area (Å²) in [6, 6.07) is 11.0. The molecule has 31 heavy (non-hydrogen) atoms. The van der Waals surface area contributed by atoms with Crippen LogP contribution >= 0.6 is 0 Å². The van der Waals surface area contributed by atoms with Gasteiger partial charge in [0.05, 0.1) is 22.6 Å². The molecule has 0 N–H and O–H groups in total. The molecule has 4 aromatic rings. The van der Waals surface area contributed by atoms with Crippen molar-refractivity contribution in [3.63, 3.8) is 0 Å². The summed E-state index contributed by atoms with van der Waals surface area (Å²) >= 11 is 0. The number of benzene rings is 1. The average molecular weight is 423 g/mol. The van der Waals surface area contributed by atoms with Crippen molar-refractivity contribution in [3.8, 4) is 11.4 Å². The molecule has 0 radical (unpaired) electrons. The largest absolute Gasteiger partial charge is 0.416 e. The van der Waals surface area contributed by atoms with Crippen LogP contribution < -0.4 is 0 Å². The van der Waals surface area contributed by atoms with Gasteiger partial charge in [0.1, 0.15) is 5.65 Å². The number of fused-ring (bicyclic) bond motifs is 2. The van der Waals surface area contributed by atoms with Crippen molar-refractivity contribution in [2.24, 2.45) is 0 Å². The Labute approximate surface area is 177 Å². The SMILES string of the molecule is Cc1nc2ccccn2c1CN1CCc2nc(-c3ccc(C(F)(F)F)cc3)ncc2C1. The average Bonchev–Trinajstić information content (AvgIpc) is 3.08. The van der Waals surface area contributed by atoms with Gasteiger partial charge in [-0.3, -0.25) is 4.90 Å². The van der Waals surface area contributed by atoms with E-state index in [9.17, 15) is 13.2 Å². The van der Waals surface area contributed by atoms with E-state index in [0.717, 1.165) is 60.8 Å². The van der Waals surface area contributed by atoms with Gasteiger partial charge in [0, 0.05) is 49.6 Å². The molecule has 1 aliphatic rings. The van der Waals surface area contributed by atoms with Crippen LogP contribution in [0, 0.1) is 6.92 Å².